The third-order valence-corrected chi connectivity index (χ3v) is 7.47. The van der Waals surface area contributed by atoms with Gasteiger partial charge >= 0.3 is 0 Å². The number of amides is 1. The van der Waals surface area contributed by atoms with Gasteiger partial charge in [0, 0.05) is 15.0 Å². The quantitative estimate of drug-likeness (QED) is 0.599. The highest BCUT2D eigenvalue weighted by Crippen LogP contribution is 2.40. The largest absolute Gasteiger partial charge is 0.312 e. The fourth-order valence-electron chi connectivity index (χ4n) is 3.28. The van der Waals surface area contributed by atoms with Gasteiger partial charge in [-0.15, -0.1) is 22.7 Å². The third-order valence-electron chi connectivity index (χ3n) is 4.59. The van der Waals surface area contributed by atoms with Crippen molar-refractivity contribution < 1.29 is 4.79 Å². The van der Waals surface area contributed by atoms with Crippen LogP contribution in [0.4, 0.5) is 5.00 Å². The van der Waals surface area contributed by atoms with Crippen molar-refractivity contribution >= 4 is 55.3 Å². The number of carbonyl (C=O) groups excluding carboxylic acids is 1. The highest BCUT2D eigenvalue weighted by atomic mass is 35.5. The first-order valence-electron chi connectivity index (χ1n) is 8.11. The summed E-state index contributed by atoms with van der Waals surface area (Å²) in [6.07, 6.45) is 3.03. The van der Waals surface area contributed by atoms with Crippen molar-refractivity contribution in [2.45, 2.75) is 26.2 Å². The summed E-state index contributed by atoms with van der Waals surface area (Å²) in [6.45, 7) is 2.21. The van der Waals surface area contributed by atoms with E-state index < -0.39 is 0 Å². The van der Waals surface area contributed by atoms with Crippen molar-refractivity contribution in [3.8, 4) is 6.07 Å². The first-order chi connectivity index (χ1) is 12.1. The predicted octanol–water partition coefficient (Wildman–Crippen LogP) is 5.86. The molecule has 126 valence electrons. The number of nitrogens with one attached hydrogen (secondary N) is 1. The number of halogens is 1. The minimum absolute atomic E-state index is 0.241. The molecule has 4 rings (SSSR count). The van der Waals surface area contributed by atoms with Crippen molar-refractivity contribution in [3.05, 3.63) is 50.2 Å². The Morgan fingerprint density at radius 2 is 2.16 bits per heavy atom. The molecule has 1 aliphatic rings. The minimum Gasteiger partial charge on any atom is -0.312 e. The lowest BCUT2D eigenvalue weighted by molar-refractivity contribution is 0.103. The smallest absolute Gasteiger partial charge is 0.267 e. The van der Waals surface area contributed by atoms with Crippen LogP contribution in [0, 0.1) is 17.2 Å². The molecule has 1 aliphatic carbocycles. The molecule has 25 heavy (non-hydrogen) atoms. The Kier molecular flexibility index (Phi) is 4.28. The molecule has 1 N–H and O–H groups in total. The van der Waals surface area contributed by atoms with E-state index in [2.05, 4.69) is 18.3 Å². The van der Waals surface area contributed by atoms with Crippen molar-refractivity contribution in [2.24, 2.45) is 5.92 Å². The van der Waals surface area contributed by atoms with Crippen molar-refractivity contribution in [3.63, 3.8) is 0 Å². The fourth-order valence-corrected chi connectivity index (χ4v) is 5.89. The number of aryl methyl sites for hydroxylation is 1. The second kappa shape index (κ2) is 6.45. The van der Waals surface area contributed by atoms with Crippen LogP contribution < -0.4 is 5.32 Å². The summed E-state index contributed by atoms with van der Waals surface area (Å²) < 4.78 is 0.984. The number of anilines is 1. The zero-order valence-corrected chi connectivity index (χ0v) is 15.9. The molecule has 2 heterocycles. The lowest BCUT2D eigenvalue weighted by Gasteiger charge is -2.17. The van der Waals surface area contributed by atoms with Gasteiger partial charge in [-0.25, -0.2) is 0 Å². The molecular weight excluding hydrogens is 372 g/mol. The summed E-state index contributed by atoms with van der Waals surface area (Å²) in [5.74, 6) is 0.337. The predicted molar refractivity (Wildman–Crippen MR) is 105 cm³/mol. The van der Waals surface area contributed by atoms with Crippen LogP contribution in [0.25, 0.3) is 10.1 Å². The summed E-state index contributed by atoms with van der Waals surface area (Å²) >= 11 is 9.31. The van der Waals surface area contributed by atoms with Gasteiger partial charge < -0.3 is 5.32 Å². The number of hydrogen-bond acceptors (Lipinski definition) is 4. The van der Waals surface area contributed by atoms with Crippen LogP contribution in [-0.2, 0) is 12.8 Å². The van der Waals surface area contributed by atoms with Gasteiger partial charge in [0.1, 0.15) is 15.9 Å². The molecule has 0 unspecified atom stereocenters. The van der Waals surface area contributed by atoms with E-state index in [1.54, 1.807) is 0 Å². The van der Waals surface area contributed by atoms with Crippen LogP contribution in [0.2, 0.25) is 5.02 Å². The lowest BCUT2D eigenvalue weighted by Crippen LogP contribution is -2.11. The molecule has 6 heteroatoms. The van der Waals surface area contributed by atoms with E-state index in [1.165, 1.54) is 27.6 Å². The average molecular weight is 387 g/mol. The van der Waals surface area contributed by atoms with Gasteiger partial charge in [-0.2, -0.15) is 5.26 Å². The van der Waals surface area contributed by atoms with Crippen molar-refractivity contribution in [2.75, 3.05) is 5.32 Å². The SMILES string of the molecule is C[C@H]1CCc2sc(NC(=O)c3sc4ccccc4c3Cl)c(C#N)c2C1. The molecule has 3 nitrogen and oxygen atoms in total. The maximum Gasteiger partial charge on any atom is 0.267 e. The molecule has 3 aromatic rings. The molecule has 1 amide bonds. The van der Waals surface area contributed by atoms with Crippen LogP contribution in [0.3, 0.4) is 0 Å². The number of thiophene rings is 2. The number of nitrogens with zero attached hydrogens (tertiary/aromatic N) is 1. The molecular formula is C19H15ClN2OS2. The Labute approximate surface area is 158 Å². The topological polar surface area (TPSA) is 52.9 Å². The highest BCUT2D eigenvalue weighted by molar-refractivity contribution is 7.22. The number of rotatable bonds is 2. The van der Waals surface area contributed by atoms with Crippen molar-refractivity contribution in [1.29, 1.82) is 5.26 Å². The fraction of sp³-hybridized carbons (Fsp3) is 0.263. The molecule has 0 bridgehead atoms. The van der Waals surface area contributed by atoms with Gasteiger partial charge in [0.05, 0.1) is 10.6 Å². The molecule has 0 spiro atoms. The second-order valence-corrected chi connectivity index (χ2v) is 8.90. The Balaban J connectivity index is 1.69. The summed E-state index contributed by atoms with van der Waals surface area (Å²) in [5, 5.41) is 14.5. The van der Waals surface area contributed by atoms with Crippen LogP contribution in [0.5, 0.6) is 0 Å². The van der Waals surface area contributed by atoms with Crippen LogP contribution in [0.15, 0.2) is 24.3 Å². The summed E-state index contributed by atoms with van der Waals surface area (Å²) in [4.78, 5) is 14.5. The zero-order valence-electron chi connectivity index (χ0n) is 13.6. The van der Waals surface area contributed by atoms with Gasteiger partial charge in [0.2, 0.25) is 0 Å². The first-order valence-corrected chi connectivity index (χ1v) is 10.1. The number of benzene rings is 1. The van der Waals surface area contributed by atoms with Crippen molar-refractivity contribution in [1.82, 2.24) is 0 Å². The number of carbonyl (C=O) groups is 1. The van der Waals surface area contributed by atoms with E-state index in [-0.39, 0.29) is 5.91 Å². The summed E-state index contributed by atoms with van der Waals surface area (Å²) in [6, 6.07) is 9.99. The molecule has 2 aromatic heterocycles. The maximum atomic E-state index is 12.8. The standard InChI is InChI=1S/C19H15ClN2OS2/c1-10-6-7-15-12(8-10)13(9-21)19(25-15)22-18(23)17-16(20)11-4-2-3-5-14(11)24-17/h2-5,10H,6-8H2,1H3,(H,22,23)/t10-/m0/s1. The Bertz CT molecular complexity index is 1030. The monoisotopic (exact) mass is 386 g/mol. The van der Waals surface area contributed by atoms with Crippen LogP contribution in [0.1, 0.15) is 39.0 Å². The maximum absolute atomic E-state index is 12.8. The molecule has 1 atom stereocenters. The van der Waals surface area contributed by atoms with Crippen LogP contribution >= 0.6 is 34.3 Å². The third kappa shape index (κ3) is 2.85. The number of fused-ring (bicyclic) bond motifs is 2. The second-order valence-electron chi connectivity index (χ2n) is 6.36. The van der Waals surface area contributed by atoms with E-state index >= 15 is 0 Å². The number of nitriles is 1. The zero-order chi connectivity index (χ0) is 17.6. The van der Waals surface area contributed by atoms with Gasteiger partial charge in [-0.1, -0.05) is 36.7 Å². The summed E-state index contributed by atoms with van der Waals surface area (Å²) in [5.41, 5.74) is 1.74. The normalized spacial score (nSPS) is 16.4. The van der Waals surface area contributed by atoms with E-state index in [0.717, 1.165) is 34.9 Å². The Morgan fingerprint density at radius 3 is 2.92 bits per heavy atom. The molecule has 0 aliphatic heterocycles. The molecule has 0 saturated heterocycles. The van der Waals surface area contributed by atoms with E-state index in [1.807, 2.05) is 24.3 Å². The molecule has 0 radical (unpaired) electrons. The van der Waals surface area contributed by atoms with Gasteiger partial charge in [0.25, 0.3) is 5.91 Å². The Morgan fingerprint density at radius 1 is 1.36 bits per heavy atom. The number of hydrogen-bond donors (Lipinski definition) is 1. The summed E-state index contributed by atoms with van der Waals surface area (Å²) in [7, 11) is 0. The molecule has 0 saturated carbocycles. The Hall–Kier alpha value is -1.87. The minimum atomic E-state index is -0.241. The van der Waals surface area contributed by atoms with Gasteiger partial charge in [-0.05, 0) is 36.8 Å². The van der Waals surface area contributed by atoms with Gasteiger partial charge in [0.15, 0.2) is 0 Å². The molecule has 1 aromatic carbocycles. The average Bonchev–Trinajstić information content (AvgIpc) is 3.12. The highest BCUT2D eigenvalue weighted by Gasteiger charge is 2.26. The molecule has 0 fully saturated rings. The van der Waals surface area contributed by atoms with E-state index in [4.69, 9.17) is 11.6 Å². The lowest BCUT2D eigenvalue weighted by atomic mass is 9.88. The van der Waals surface area contributed by atoms with Crippen LogP contribution in [-0.4, -0.2) is 5.91 Å². The first kappa shape index (κ1) is 16.6. The van der Waals surface area contributed by atoms with E-state index in [9.17, 15) is 10.1 Å². The van der Waals surface area contributed by atoms with E-state index in [0.29, 0.717) is 26.4 Å². The van der Waals surface area contributed by atoms with Gasteiger partial charge in [-0.3, -0.25) is 4.79 Å².